The van der Waals surface area contributed by atoms with Gasteiger partial charge in [0.1, 0.15) is 5.69 Å². The molecule has 0 bridgehead atoms. The van der Waals surface area contributed by atoms with Gasteiger partial charge in [0.2, 0.25) is 15.9 Å². The van der Waals surface area contributed by atoms with Crippen LogP contribution in [0, 0.1) is 0 Å². The fourth-order valence-corrected chi connectivity index (χ4v) is 2.36. The topological polar surface area (TPSA) is 71.5 Å². The molecule has 0 spiro atoms. The van der Waals surface area contributed by atoms with Gasteiger partial charge in [-0.05, 0) is 49.4 Å². The van der Waals surface area contributed by atoms with Gasteiger partial charge in [-0.3, -0.25) is 4.72 Å². The van der Waals surface area contributed by atoms with Crippen LogP contribution in [-0.4, -0.2) is 51.3 Å². The quantitative estimate of drug-likeness (QED) is 0.712. The molecular formula is C12H20BrN3O3S. The molecule has 8 heteroatoms. The lowest BCUT2D eigenvalue weighted by molar-refractivity contribution is 0.274. The maximum atomic E-state index is 11.6. The fourth-order valence-electron chi connectivity index (χ4n) is 1.40. The molecule has 0 atom stereocenters. The molecule has 0 aliphatic rings. The van der Waals surface area contributed by atoms with Crippen LogP contribution in [0.25, 0.3) is 0 Å². The molecule has 0 amide bonds. The van der Waals surface area contributed by atoms with Crippen LogP contribution < -0.4 is 9.46 Å². The van der Waals surface area contributed by atoms with Gasteiger partial charge in [0, 0.05) is 17.2 Å². The highest BCUT2D eigenvalue weighted by Crippen LogP contribution is 2.26. The lowest BCUT2D eigenvalue weighted by Crippen LogP contribution is -2.17. The molecule has 1 aromatic heterocycles. The molecule has 6 nitrogen and oxygen atoms in total. The SMILES string of the molecule is CCS(=O)(=O)Nc1cc(Br)cnc1OCCCN(C)C. The first kappa shape index (κ1) is 17.2. The standard InChI is InChI=1S/C12H20BrN3O3S/c1-4-20(17,18)15-11-8-10(13)9-14-12(11)19-7-5-6-16(2)3/h8-9,15H,4-7H2,1-3H3. The minimum atomic E-state index is -3.35. The van der Waals surface area contributed by atoms with E-state index in [1.807, 2.05) is 14.1 Å². The molecule has 1 heterocycles. The van der Waals surface area contributed by atoms with Gasteiger partial charge < -0.3 is 9.64 Å². The van der Waals surface area contributed by atoms with Crippen molar-refractivity contribution < 1.29 is 13.2 Å². The van der Waals surface area contributed by atoms with Crippen LogP contribution in [0.2, 0.25) is 0 Å². The molecule has 1 N–H and O–H groups in total. The van der Waals surface area contributed by atoms with E-state index in [-0.39, 0.29) is 5.75 Å². The smallest absolute Gasteiger partial charge is 0.238 e. The zero-order valence-corrected chi connectivity index (χ0v) is 14.3. The Bertz CT molecular complexity index is 535. The van der Waals surface area contributed by atoms with E-state index in [9.17, 15) is 8.42 Å². The maximum Gasteiger partial charge on any atom is 0.238 e. The number of rotatable bonds is 8. The number of anilines is 1. The third kappa shape index (κ3) is 6.06. The van der Waals surface area contributed by atoms with Crippen molar-refractivity contribution in [2.45, 2.75) is 13.3 Å². The second-order valence-corrected chi connectivity index (χ2v) is 7.44. The molecule has 0 radical (unpaired) electrons. The van der Waals surface area contributed by atoms with Crippen LogP contribution in [0.3, 0.4) is 0 Å². The monoisotopic (exact) mass is 365 g/mol. The molecular weight excluding hydrogens is 346 g/mol. The number of aromatic nitrogens is 1. The van der Waals surface area contributed by atoms with Gasteiger partial charge in [-0.25, -0.2) is 13.4 Å². The van der Waals surface area contributed by atoms with E-state index in [0.29, 0.717) is 22.6 Å². The molecule has 114 valence electrons. The fraction of sp³-hybridized carbons (Fsp3) is 0.583. The molecule has 0 aliphatic heterocycles. The summed E-state index contributed by atoms with van der Waals surface area (Å²) in [5.74, 6) is 0.295. The molecule has 0 unspecified atom stereocenters. The highest BCUT2D eigenvalue weighted by molar-refractivity contribution is 9.10. The van der Waals surface area contributed by atoms with Crippen LogP contribution in [-0.2, 0) is 10.0 Å². The first-order chi connectivity index (χ1) is 9.34. The summed E-state index contributed by atoms with van der Waals surface area (Å²) in [5, 5.41) is 0. The highest BCUT2D eigenvalue weighted by Gasteiger charge is 2.13. The predicted octanol–water partition coefficient (Wildman–Crippen LogP) is 1.94. The van der Waals surface area contributed by atoms with Gasteiger partial charge in [-0.15, -0.1) is 0 Å². The Morgan fingerprint density at radius 1 is 1.45 bits per heavy atom. The molecule has 1 rings (SSSR count). The molecule has 0 aliphatic carbocycles. The minimum Gasteiger partial charge on any atom is -0.476 e. The van der Waals surface area contributed by atoms with E-state index < -0.39 is 10.0 Å². The number of sulfonamides is 1. The number of nitrogens with zero attached hydrogens (tertiary/aromatic N) is 2. The Balaban J connectivity index is 2.75. The van der Waals surface area contributed by atoms with Crippen molar-refractivity contribution in [3.05, 3.63) is 16.7 Å². The van der Waals surface area contributed by atoms with Gasteiger partial charge >= 0.3 is 0 Å². The average Bonchev–Trinajstić information content (AvgIpc) is 2.36. The van der Waals surface area contributed by atoms with E-state index >= 15 is 0 Å². The van der Waals surface area contributed by atoms with Crippen molar-refractivity contribution in [1.29, 1.82) is 0 Å². The first-order valence-corrected chi connectivity index (χ1v) is 8.72. The van der Waals surface area contributed by atoms with E-state index in [0.717, 1.165) is 13.0 Å². The van der Waals surface area contributed by atoms with Gasteiger partial charge in [0.25, 0.3) is 0 Å². The Labute approximate surface area is 128 Å². The zero-order valence-electron chi connectivity index (χ0n) is 11.9. The summed E-state index contributed by atoms with van der Waals surface area (Å²) in [5.41, 5.74) is 0.353. The van der Waals surface area contributed by atoms with Crippen molar-refractivity contribution in [2.75, 3.05) is 37.7 Å². The van der Waals surface area contributed by atoms with Crippen LogP contribution in [0.5, 0.6) is 5.88 Å². The summed E-state index contributed by atoms with van der Waals surface area (Å²) in [6.45, 7) is 2.95. The normalized spacial score (nSPS) is 11.7. The second kappa shape index (κ2) is 7.80. The summed E-state index contributed by atoms with van der Waals surface area (Å²) in [7, 11) is 0.615. The predicted molar refractivity (Wildman–Crippen MR) is 83.7 cm³/mol. The molecule has 0 fully saturated rings. The van der Waals surface area contributed by atoms with Crippen LogP contribution in [0.15, 0.2) is 16.7 Å². The summed E-state index contributed by atoms with van der Waals surface area (Å²) in [4.78, 5) is 6.16. The van der Waals surface area contributed by atoms with E-state index in [2.05, 4.69) is 30.5 Å². The minimum absolute atomic E-state index is 0.000414. The highest BCUT2D eigenvalue weighted by atomic mass is 79.9. The largest absolute Gasteiger partial charge is 0.476 e. The summed E-state index contributed by atoms with van der Waals surface area (Å²) >= 11 is 3.27. The zero-order chi connectivity index (χ0) is 15.2. The van der Waals surface area contributed by atoms with Gasteiger partial charge in [-0.1, -0.05) is 0 Å². The number of hydrogen-bond donors (Lipinski definition) is 1. The van der Waals surface area contributed by atoms with Gasteiger partial charge in [-0.2, -0.15) is 0 Å². The van der Waals surface area contributed by atoms with E-state index in [1.54, 1.807) is 19.2 Å². The number of pyridine rings is 1. The maximum absolute atomic E-state index is 11.6. The lowest BCUT2D eigenvalue weighted by Gasteiger charge is -2.13. The van der Waals surface area contributed by atoms with Gasteiger partial charge in [0.05, 0.1) is 12.4 Å². The number of hydrogen-bond acceptors (Lipinski definition) is 5. The third-order valence-electron chi connectivity index (χ3n) is 2.45. The first-order valence-electron chi connectivity index (χ1n) is 6.27. The van der Waals surface area contributed by atoms with Crippen LogP contribution in [0.1, 0.15) is 13.3 Å². The van der Waals surface area contributed by atoms with Crippen LogP contribution >= 0.6 is 15.9 Å². The Morgan fingerprint density at radius 2 is 2.15 bits per heavy atom. The molecule has 0 saturated carbocycles. The van der Waals surface area contributed by atoms with Crippen molar-refractivity contribution in [2.24, 2.45) is 0 Å². The summed E-state index contributed by atoms with van der Waals surface area (Å²) in [6.07, 6.45) is 2.41. The molecule has 0 aromatic carbocycles. The molecule has 1 aromatic rings. The average molecular weight is 366 g/mol. The Kier molecular flexibility index (Phi) is 6.70. The van der Waals surface area contributed by atoms with Crippen LogP contribution in [0.4, 0.5) is 5.69 Å². The summed E-state index contributed by atoms with van der Waals surface area (Å²) < 4.78 is 32.0. The van der Waals surface area contributed by atoms with Crippen molar-refractivity contribution in [1.82, 2.24) is 9.88 Å². The number of halogens is 1. The van der Waals surface area contributed by atoms with Crippen molar-refractivity contribution >= 4 is 31.6 Å². The molecule has 20 heavy (non-hydrogen) atoms. The van der Waals surface area contributed by atoms with E-state index in [4.69, 9.17) is 4.74 Å². The van der Waals surface area contributed by atoms with Crippen molar-refractivity contribution in [3.8, 4) is 5.88 Å². The Morgan fingerprint density at radius 3 is 2.75 bits per heavy atom. The van der Waals surface area contributed by atoms with Gasteiger partial charge in [0.15, 0.2) is 0 Å². The van der Waals surface area contributed by atoms with E-state index in [1.165, 1.54) is 0 Å². The third-order valence-corrected chi connectivity index (χ3v) is 4.18. The number of ether oxygens (including phenoxy) is 1. The Hall–Kier alpha value is -0.860. The van der Waals surface area contributed by atoms with Crippen molar-refractivity contribution in [3.63, 3.8) is 0 Å². The molecule has 0 saturated heterocycles. The lowest BCUT2D eigenvalue weighted by atomic mass is 10.4. The number of nitrogens with one attached hydrogen (secondary N) is 1. The second-order valence-electron chi connectivity index (χ2n) is 4.52. The summed E-state index contributed by atoms with van der Waals surface area (Å²) in [6, 6.07) is 1.64.